The number of hydrogen-bond acceptors (Lipinski definition) is 5. The number of ether oxygens (including phenoxy) is 1. The molecular weight excluding hydrogens is 439 g/mol. The predicted molar refractivity (Wildman–Crippen MR) is 114 cm³/mol. The third kappa shape index (κ3) is 6.07. The highest BCUT2D eigenvalue weighted by molar-refractivity contribution is 7.22. The van der Waals surface area contributed by atoms with Crippen molar-refractivity contribution < 1.29 is 22.7 Å². The van der Waals surface area contributed by atoms with Gasteiger partial charge in [-0.05, 0) is 57.4 Å². The van der Waals surface area contributed by atoms with E-state index in [-0.39, 0.29) is 35.6 Å². The summed E-state index contributed by atoms with van der Waals surface area (Å²) in [4.78, 5) is 20.4. The Morgan fingerprint density at radius 1 is 1.07 bits per heavy atom. The van der Waals surface area contributed by atoms with E-state index in [1.165, 1.54) is 35.2 Å². The Labute approximate surface area is 182 Å². The standard InChI is InChI=1S/C20H20F3N3O2S.ClH/c1-25(2)8-3-9-26(18(27)12-28-15-6-4-13(21)5-7-15)20-24-19-16(23)10-14(22)11-17(19)29-20;/h4-7,10-11H,3,8-9,12H2,1-2H3;1H. The largest absolute Gasteiger partial charge is 0.484 e. The molecule has 1 aromatic heterocycles. The van der Waals surface area contributed by atoms with Gasteiger partial charge in [-0.1, -0.05) is 11.3 Å². The van der Waals surface area contributed by atoms with E-state index in [1.54, 1.807) is 0 Å². The number of anilines is 1. The van der Waals surface area contributed by atoms with Crippen LogP contribution in [0.1, 0.15) is 6.42 Å². The molecule has 0 radical (unpaired) electrons. The van der Waals surface area contributed by atoms with Gasteiger partial charge in [0.15, 0.2) is 17.6 Å². The highest BCUT2D eigenvalue weighted by Gasteiger charge is 2.21. The van der Waals surface area contributed by atoms with Gasteiger partial charge in [0.1, 0.15) is 22.9 Å². The normalized spacial score (nSPS) is 10.9. The van der Waals surface area contributed by atoms with Crippen LogP contribution in [0.5, 0.6) is 5.75 Å². The number of carbonyl (C=O) groups excluding carboxylic acids is 1. The summed E-state index contributed by atoms with van der Waals surface area (Å²) in [5, 5.41) is 0.274. The lowest BCUT2D eigenvalue weighted by molar-refractivity contribution is -0.120. The molecular formula is C20H21ClF3N3O2S. The highest BCUT2D eigenvalue weighted by Crippen LogP contribution is 2.31. The van der Waals surface area contributed by atoms with E-state index < -0.39 is 17.5 Å². The fraction of sp³-hybridized carbons (Fsp3) is 0.300. The molecule has 0 spiro atoms. The Balaban J connectivity index is 0.00000320. The fourth-order valence-corrected chi connectivity index (χ4v) is 3.74. The number of thiazole rings is 1. The van der Waals surface area contributed by atoms with Crippen LogP contribution in [0.4, 0.5) is 18.3 Å². The Kier molecular flexibility index (Phi) is 8.45. The van der Waals surface area contributed by atoms with Crippen molar-refractivity contribution in [2.24, 2.45) is 0 Å². The molecule has 2 aromatic carbocycles. The molecule has 10 heteroatoms. The number of nitrogens with zero attached hydrogens (tertiary/aromatic N) is 3. The first-order valence-electron chi connectivity index (χ1n) is 8.92. The van der Waals surface area contributed by atoms with Crippen LogP contribution >= 0.6 is 23.7 Å². The molecule has 0 saturated carbocycles. The zero-order valence-electron chi connectivity index (χ0n) is 16.4. The maximum Gasteiger partial charge on any atom is 0.266 e. The number of fused-ring (bicyclic) bond motifs is 1. The molecule has 1 amide bonds. The lowest BCUT2D eigenvalue weighted by Gasteiger charge is -2.21. The summed E-state index contributed by atoms with van der Waals surface area (Å²) in [7, 11) is 3.83. The first kappa shape index (κ1) is 23.9. The summed E-state index contributed by atoms with van der Waals surface area (Å²) in [5.41, 5.74) is 0.0243. The minimum Gasteiger partial charge on any atom is -0.484 e. The van der Waals surface area contributed by atoms with Crippen molar-refractivity contribution in [3.8, 4) is 5.75 Å². The van der Waals surface area contributed by atoms with Gasteiger partial charge < -0.3 is 9.64 Å². The third-order valence-electron chi connectivity index (χ3n) is 4.10. The highest BCUT2D eigenvalue weighted by atomic mass is 35.5. The van der Waals surface area contributed by atoms with E-state index in [2.05, 4.69) is 4.98 Å². The summed E-state index contributed by atoms with van der Waals surface area (Å²) >= 11 is 1.04. The summed E-state index contributed by atoms with van der Waals surface area (Å²) in [5.74, 6) is -1.91. The van der Waals surface area contributed by atoms with Crippen LogP contribution < -0.4 is 9.64 Å². The van der Waals surface area contributed by atoms with E-state index in [1.807, 2.05) is 19.0 Å². The zero-order valence-corrected chi connectivity index (χ0v) is 18.0. The maximum atomic E-state index is 14.0. The minimum absolute atomic E-state index is 0. The van der Waals surface area contributed by atoms with Crippen LogP contribution in [0, 0.1) is 17.5 Å². The van der Waals surface area contributed by atoms with Crippen molar-refractivity contribution in [1.82, 2.24) is 9.88 Å². The Morgan fingerprint density at radius 3 is 2.43 bits per heavy atom. The summed E-state index contributed by atoms with van der Waals surface area (Å²) < 4.78 is 46.3. The number of carbonyl (C=O) groups is 1. The number of amides is 1. The minimum atomic E-state index is -0.772. The third-order valence-corrected chi connectivity index (χ3v) is 5.12. The monoisotopic (exact) mass is 459 g/mol. The molecule has 0 unspecified atom stereocenters. The molecule has 0 saturated heterocycles. The van der Waals surface area contributed by atoms with Crippen molar-refractivity contribution in [3.63, 3.8) is 0 Å². The van der Waals surface area contributed by atoms with Gasteiger partial charge in [-0.25, -0.2) is 18.2 Å². The number of hydrogen-bond donors (Lipinski definition) is 0. The van der Waals surface area contributed by atoms with Gasteiger partial charge in [-0.3, -0.25) is 9.69 Å². The van der Waals surface area contributed by atoms with Crippen molar-refractivity contribution in [2.45, 2.75) is 6.42 Å². The predicted octanol–water partition coefficient (Wildman–Crippen LogP) is 4.50. The molecule has 0 fully saturated rings. The Morgan fingerprint density at radius 2 is 1.77 bits per heavy atom. The van der Waals surface area contributed by atoms with Crippen molar-refractivity contribution >= 4 is 45.0 Å². The van der Waals surface area contributed by atoms with E-state index in [4.69, 9.17) is 4.74 Å². The smallest absolute Gasteiger partial charge is 0.266 e. The topological polar surface area (TPSA) is 45.7 Å². The van der Waals surface area contributed by atoms with E-state index in [9.17, 15) is 18.0 Å². The van der Waals surface area contributed by atoms with Crippen LogP contribution in [0.25, 0.3) is 10.2 Å². The van der Waals surface area contributed by atoms with Crippen LogP contribution in [-0.2, 0) is 4.79 Å². The second-order valence-electron chi connectivity index (χ2n) is 6.68. The molecule has 0 aliphatic heterocycles. The summed E-state index contributed by atoms with van der Waals surface area (Å²) in [6.07, 6.45) is 0.655. The zero-order chi connectivity index (χ0) is 21.0. The maximum absolute atomic E-state index is 14.0. The molecule has 0 aliphatic carbocycles. The molecule has 30 heavy (non-hydrogen) atoms. The molecule has 0 bridgehead atoms. The lowest BCUT2D eigenvalue weighted by Crippen LogP contribution is -2.36. The lowest BCUT2D eigenvalue weighted by atomic mass is 10.3. The van der Waals surface area contributed by atoms with E-state index in [0.717, 1.165) is 23.9 Å². The van der Waals surface area contributed by atoms with Crippen LogP contribution in [0.2, 0.25) is 0 Å². The van der Waals surface area contributed by atoms with Crippen molar-refractivity contribution in [3.05, 3.63) is 53.8 Å². The van der Waals surface area contributed by atoms with Gasteiger partial charge in [0.05, 0.1) is 4.70 Å². The van der Waals surface area contributed by atoms with Crippen LogP contribution in [0.15, 0.2) is 36.4 Å². The van der Waals surface area contributed by atoms with Crippen LogP contribution in [-0.4, -0.2) is 49.6 Å². The van der Waals surface area contributed by atoms with Gasteiger partial charge in [0.2, 0.25) is 0 Å². The van der Waals surface area contributed by atoms with Gasteiger partial charge in [-0.2, -0.15) is 0 Å². The first-order valence-corrected chi connectivity index (χ1v) is 9.74. The number of halogens is 4. The number of aromatic nitrogens is 1. The van der Waals surface area contributed by atoms with E-state index in [0.29, 0.717) is 23.4 Å². The number of benzene rings is 2. The molecule has 0 atom stereocenters. The van der Waals surface area contributed by atoms with Gasteiger partial charge in [0, 0.05) is 12.6 Å². The molecule has 0 N–H and O–H groups in total. The molecule has 3 rings (SSSR count). The molecule has 0 aliphatic rings. The summed E-state index contributed by atoms with van der Waals surface area (Å²) in [6, 6.07) is 7.28. The van der Waals surface area contributed by atoms with Gasteiger partial charge in [0.25, 0.3) is 5.91 Å². The molecule has 162 valence electrons. The Bertz CT molecular complexity index is 999. The fourth-order valence-electron chi connectivity index (χ4n) is 2.69. The second-order valence-corrected chi connectivity index (χ2v) is 7.68. The Hall–Kier alpha value is -2.36. The molecule has 5 nitrogen and oxygen atoms in total. The average molecular weight is 460 g/mol. The second kappa shape index (κ2) is 10.6. The molecule has 3 aromatic rings. The summed E-state index contributed by atoms with van der Waals surface area (Å²) in [6.45, 7) is 0.782. The van der Waals surface area contributed by atoms with Gasteiger partial charge in [-0.15, -0.1) is 12.4 Å². The first-order chi connectivity index (χ1) is 13.8. The quantitative estimate of drug-likeness (QED) is 0.497. The SMILES string of the molecule is CN(C)CCCN(C(=O)COc1ccc(F)cc1)c1nc2c(F)cc(F)cc2s1.Cl. The van der Waals surface area contributed by atoms with E-state index >= 15 is 0 Å². The van der Waals surface area contributed by atoms with Gasteiger partial charge >= 0.3 is 0 Å². The number of rotatable bonds is 8. The average Bonchev–Trinajstić information content (AvgIpc) is 3.08. The van der Waals surface area contributed by atoms with Crippen molar-refractivity contribution in [2.75, 3.05) is 38.7 Å². The molecule has 1 heterocycles. The van der Waals surface area contributed by atoms with Crippen LogP contribution in [0.3, 0.4) is 0 Å². The van der Waals surface area contributed by atoms with Crippen molar-refractivity contribution in [1.29, 1.82) is 0 Å².